The third-order valence-electron chi connectivity index (χ3n) is 9.34. The zero-order chi connectivity index (χ0) is 37.5. The number of carbonyl (C=O) groups excluding carboxylic acids is 1. The molecule has 0 unspecified atom stereocenters. The van der Waals surface area contributed by atoms with Gasteiger partial charge in [-0.15, -0.1) is 0 Å². The van der Waals surface area contributed by atoms with Crippen LogP contribution in [0.15, 0.2) is 53.4 Å². The van der Waals surface area contributed by atoms with Crippen molar-refractivity contribution in [3.63, 3.8) is 0 Å². The third kappa shape index (κ3) is 11.2. The number of aliphatic hydroxyl groups excluding tert-OH is 1. The molecule has 0 saturated carbocycles. The van der Waals surface area contributed by atoms with Crippen molar-refractivity contribution in [1.82, 2.24) is 20.3 Å². The summed E-state index contributed by atoms with van der Waals surface area (Å²) in [6.45, 7) is 11.4. The Morgan fingerprint density at radius 1 is 1.06 bits per heavy atom. The molecule has 5 atom stereocenters. The number of amides is 1. The summed E-state index contributed by atoms with van der Waals surface area (Å²) in [6.07, 6.45) is 0.454. The maximum absolute atomic E-state index is 14.4. The van der Waals surface area contributed by atoms with E-state index >= 15 is 0 Å². The van der Waals surface area contributed by atoms with Gasteiger partial charge in [0.05, 0.1) is 36.2 Å². The molecule has 0 radical (unpaired) electrons. The Labute approximate surface area is 313 Å². The largest absolute Gasteiger partial charge is 0.454 e. The van der Waals surface area contributed by atoms with Gasteiger partial charge in [0.15, 0.2) is 22.9 Å². The summed E-state index contributed by atoms with van der Waals surface area (Å²) < 4.78 is 58.0. The molecule has 15 heteroatoms. The number of aliphatic hydroxyl groups is 1. The maximum Gasteiger partial charge on any atom is 0.407 e. The number of nitrogens with zero attached hydrogens (tertiary/aromatic N) is 1. The first kappa shape index (κ1) is 40.0. The number of carbonyl (C=O) groups is 1. The number of fused-ring (bicyclic) bond motifs is 2. The van der Waals surface area contributed by atoms with Gasteiger partial charge in [0.2, 0.25) is 16.8 Å². The van der Waals surface area contributed by atoms with Gasteiger partial charge in [-0.25, -0.2) is 13.2 Å². The predicted octanol–water partition coefficient (Wildman–Crippen LogP) is 4.32. The van der Waals surface area contributed by atoms with Crippen LogP contribution < -0.4 is 25.4 Å². The molecule has 0 aromatic heterocycles. The molecule has 5 rings (SSSR count). The summed E-state index contributed by atoms with van der Waals surface area (Å²) in [5.41, 5.74) is 0.243. The SMILES string of the molecule is CC(C)(CCCCNC(=S)NC(C)(C)C)CN(C[C@@H](O)[C@H](Cc1ccccc1)NC(=O)O[C@H]1CO[C@H]2OCC[C@H]21)S(=O)(=O)c1ccc2c(c1)OCO2. The van der Waals surface area contributed by atoms with E-state index in [4.69, 9.17) is 35.9 Å². The van der Waals surface area contributed by atoms with Gasteiger partial charge >= 0.3 is 6.09 Å². The Morgan fingerprint density at radius 2 is 1.81 bits per heavy atom. The van der Waals surface area contributed by atoms with Crippen molar-refractivity contribution in [1.29, 1.82) is 0 Å². The van der Waals surface area contributed by atoms with Crippen molar-refractivity contribution >= 4 is 33.4 Å². The van der Waals surface area contributed by atoms with Crippen LogP contribution in [-0.2, 0) is 30.7 Å². The van der Waals surface area contributed by atoms with Crippen LogP contribution in [0.1, 0.15) is 65.9 Å². The topological polar surface area (TPSA) is 157 Å². The number of unbranched alkanes of at least 4 members (excludes halogenated alkanes) is 1. The van der Waals surface area contributed by atoms with Crippen LogP contribution in [0, 0.1) is 11.3 Å². The lowest BCUT2D eigenvalue weighted by Gasteiger charge is -2.35. The Hall–Kier alpha value is -3.21. The first-order valence-corrected chi connectivity index (χ1v) is 19.8. The highest BCUT2D eigenvalue weighted by atomic mass is 32.2. The molecule has 3 heterocycles. The number of hydrogen-bond donors (Lipinski definition) is 4. The number of ether oxygens (including phenoxy) is 5. The standard InChI is InChI=1S/C37H54N4O9S2/c1-36(2,3)40-34(51)38-17-10-9-16-37(4,5)23-41(52(44,45)26-13-14-30-31(20-26)49-24-48-30)21-29(42)28(19-25-11-7-6-8-12-25)39-35(43)50-32-22-47-33-27(32)15-18-46-33/h6-8,11-14,20,27-29,32-33,42H,9-10,15-19,21-24H2,1-5H3,(H,39,43)(H2,38,40,51)/t27-,28-,29+,32-,33+/m0/s1. The van der Waals surface area contributed by atoms with Gasteiger partial charge in [0.1, 0.15) is 6.10 Å². The zero-order valence-corrected chi connectivity index (χ0v) is 32.4. The molecule has 0 spiro atoms. The lowest BCUT2D eigenvalue weighted by atomic mass is 9.87. The lowest BCUT2D eigenvalue weighted by molar-refractivity contribution is -0.0907. The predicted molar refractivity (Wildman–Crippen MR) is 200 cm³/mol. The molecule has 1 amide bonds. The van der Waals surface area contributed by atoms with E-state index in [1.807, 2.05) is 65.0 Å². The minimum absolute atomic E-state index is 0.00445. The van der Waals surface area contributed by atoms with E-state index in [-0.39, 0.29) is 55.6 Å². The van der Waals surface area contributed by atoms with E-state index in [1.165, 1.54) is 16.4 Å². The molecule has 3 aliphatic heterocycles. The number of thiocarbonyl (C=S) groups is 1. The molecule has 2 fully saturated rings. The Bertz CT molecular complexity index is 1620. The van der Waals surface area contributed by atoms with E-state index < -0.39 is 39.8 Å². The minimum atomic E-state index is -4.15. The molecule has 288 valence electrons. The number of alkyl carbamates (subject to hydrolysis) is 1. The van der Waals surface area contributed by atoms with Crippen molar-refractivity contribution in [3.8, 4) is 11.5 Å². The molecule has 3 aliphatic rings. The number of rotatable bonds is 16. The van der Waals surface area contributed by atoms with Gasteiger partial charge in [-0.2, -0.15) is 4.31 Å². The summed E-state index contributed by atoms with van der Waals surface area (Å²) in [5.74, 6) is 0.746. The fourth-order valence-corrected chi connectivity index (χ4v) is 8.73. The summed E-state index contributed by atoms with van der Waals surface area (Å²) >= 11 is 5.40. The van der Waals surface area contributed by atoms with Crippen LogP contribution in [0.2, 0.25) is 0 Å². The quantitative estimate of drug-likeness (QED) is 0.142. The second-order valence-corrected chi connectivity index (χ2v) is 17.9. The molecule has 13 nitrogen and oxygen atoms in total. The average molecular weight is 763 g/mol. The number of sulfonamides is 1. The zero-order valence-electron chi connectivity index (χ0n) is 30.8. The lowest BCUT2D eigenvalue weighted by Crippen LogP contribution is -2.52. The van der Waals surface area contributed by atoms with Gasteiger partial charge in [0.25, 0.3) is 0 Å². The molecule has 4 N–H and O–H groups in total. The summed E-state index contributed by atoms with van der Waals surface area (Å²) in [4.78, 5) is 13.3. The molecule has 52 heavy (non-hydrogen) atoms. The number of nitrogens with one attached hydrogen (secondary N) is 3. The number of benzene rings is 2. The van der Waals surface area contributed by atoms with Crippen LogP contribution in [-0.4, -0.2) is 98.8 Å². The Kier molecular flexibility index (Phi) is 13.3. The Balaban J connectivity index is 1.31. The van der Waals surface area contributed by atoms with Crippen molar-refractivity contribution in [2.24, 2.45) is 11.3 Å². The second kappa shape index (κ2) is 17.3. The first-order valence-electron chi connectivity index (χ1n) is 18.0. The van der Waals surface area contributed by atoms with Gasteiger partial charge in [0, 0.05) is 31.2 Å². The highest BCUT2D eigenvalue weighted by Gasteiger charge is 2.44. The van der Waals surface area contributed by atoms with Gasteiger partial charge < -0.3 is 44.7 Å². The summed E-state index contributed by atoms with van der Waals surface area (Å²) in [5, 5.41) is 21.8. The van der Waals surface area contributed by atoms with Crippen molar-refractivity contribution in [2.45, 2.75) is 102 Å². The molecule has 0 aliphatic carbocycles. The summed E-state index contributed by atoms with van der Waals surface area (Å²) in [7, 11) is -4.15. The monoisotopic (exact) mass is 762 g/mol. The van der Waals surface area contributed by atoms with Crippen LogP contribution in [0.3, 0.4) is 0 Å². The molecule has 2 aromatic carbocycles. The molecule has 2 aromatic rings. The van der Waals surface area contributed by atoms with E-state index in [1.54, 1.807) is 6.07 Å². The highest BCUT2D eigenvalue weighted by Crippen LogP contribution is 2.36. The fourth-order valence-electron chi connectivity index (χ4n) is 6.66. The molecular formula is C37H54N4O9S2. The second-order valence-electron chi connectivity index (χ2n) is 15.5. The van der Waals surface area contributed by atoms with Crippen LogP contribution in [0.5, 0.6) is 11.5 Å². The normalized spacial score (nSPS) is 21.0. The van der Waals surface area contributed by atoms with Crippen LogP contribution in [0.4, 0.5) is 4.79 Å². The maximum atomic E-state index is 14.4. The number of hydrogen-bond acceptors (Lipinski definition) is 10. The van der Waals surface area contributed by atoms with E-state index in [2.05, 4.69) is 16.0 Å². The molecular weight excluding hydrogens is 709 g/mol. The molecule has 0 bridgehead atoms. The van der Waals surface area contributed by atoms with Gasteiger partial charge in [-0.1, -0.05) is 50.6 Å². The van der Waals surface area contributed by atoms with Crippen molar-refractivity contribution in [2.75, 3.05) is 39.6 Å². The highest BCUT2D eigenvalue weighted by molar-refractivity contribution is 7.89. The van der Waals surface area contributed by atoms with Crippen LogP contribution >= 0.6 is 12.2 Å². The van der Waals surface area contributed by atoms with Gasteiger partial charge in [-0.05, 0) is 81.8 Å². The van der Waals surface area contributed by atoms with Crippen LogP contribution in [0.25, 0.3) is 0 Å². The smallest absolute Gasteiger partial charge is 0.407 e. The minimum Gasteiger partial charge on any atom is -0.454 e. The van der Waals surface area contributed by atoms with Gasteiger partial charge in [-0.3, -0.25) is 0 Å². The fraction of sp³-hybridized carbons (Fsp3) is 0.622. The van der Waals surface area contributed by atoms with E-state index in [0.717, 1.165) is 24.8 Å². The van der Waals surface area contributed by atoms with E-state index in [9.17, 15) is 18.3 Å². The van der Waals surface area contributed by atoms with E-state index in [0.29, 0.717) is 36.2 Å². The molecule has 2 saturated heterocycles. The average Bonchev–Trinajstić information content (AvgIpc) is 3.82. The van der Waals surface area contributed by atoms with Crippen molar-refractivity contribution in [3.05, 3.63) is 54.1 Å². The first-order chi connectivity index (χ1) is 24.6. The Morgan fingerprint density at radius 3 is 2.56 bits per heavy atom. The summed E-state index contributed by atoms with van der Waals surface area (Å²) in [6, 6.07) is 13.0. The van der Waals surface area contributed by atoms with Crippen molar-refractivity contribution < 1.29 is 42.0 Å². The third-order valence-corrected chi connectivity index (χ3v) is 11.4.